The van der Waals surface area contributed by atoms with E-state index in [1.165, 1.54) is 25.7 Å². The summed E-state index contributed by atoms with van der Waals surface area (Å²) < 4.78 is 0. The molecule has 17 heavy (non-hydrogen) atoms. The molecule has 1 saturated carbocycles. The molecule has 0 aromatic carbocycles. The third kappa shape index (κ3) is 3.12. The van der Waals surface area contributed by atoms with Crippen molar-refractivity contribution in [3.63, 3.8) is 0 Å². The zero-order chi connectivity index (χ0) is 12.3. The van der Waals surface area contributed by atoms with Crippen LogP contribution in [0.1, 0.15) is 31.4 Å². The molecule has 4 nitrogen and oxygen atoms in total. The first-order valence-corrected chi connectivity index (χ1v) is 6.41. The molecule has 0 unspecified atom stereocenters. The van der Waals surface area contributed by atoms with Crippen LogP contribution >= 0.6 is 12.2 Å². The molecule has 1 aromatic heterocycles. The number of aromatic nitrogens is 2. The molecule has 2 rings (SSSR count). The largest absolute Gasteiger partial charge is 0.388 e. The van der Waals surface area contributed by atoms with Gasteiger partial charge >= 0.3 is 0 Å². The van der Waals surface area contributed by atoms with Crippen molar-refractivity contribution in [1.82, 2.24) is 9.97 Å². The summed E-state index contributed by atoms with van der Waals surface area (Å²) in [6, 6.07) is 1.75. The number of hydrogen-bond donors (Lipinski definition) is 1. The lowest BCUT2D eigenvalue weighted by Gasteiger charge is -2.21. The van der Waals surface area contributed by atoms with E-state index < -0.39 is 0 Å². The number of thiocarbonyl (C=S) groups is 1. The maximum absolute atomic E-state index is 5.57. The number of anilines is 1. The average molecular weight is 250 g/mol. The Bertz CT molecular complexity index is 401. The molecule has 1 fully saturated rings. The molecule has 0 aliphatic heterocycles. The molecule has 2 N–H and O–H groups in total. The van der Waals surface area contributed by atoms with Gasteiger partial charge in [-0.15, -0.1) is 0 Å². The van der Waals surface area contributed by atoms with E-state index in [0.29, 0.717) is 16.6 Å². The molecule has 0 radical (unpaired) electrons. The van der Waals surface area contributed by atoms with E-state index in [1.54, 1.807) is 12.3 Å². The third-order valence-electron chi connectivity index (χ3n) is 3.24. The normalized spacial score (nSPS) is 16.1. The molecular weight excluding hydrogens is 232 g/mol. The van der Waals surface area contributed by atoms with Gasteiger partial charge in [0.25, 0.3) is 0 Å². The Morgan fingerprint density at radius 3 is 2.88 bits per heavy atom. The van der Waals surface area contributed by atoms with Crippen molar-refractivity contribution in [2.24, 2.45) is 11.7 Å². The highest BCUT2D eigenvalue weighted by Crippen LogP contribution is 2.25. The molecule has 92 valence electrons. The van der Waals surface area contributed by atoms with Gasteiger partial charge in [0.15, 0.2) is 0 Å². The van der Waals surface area contributed by atoms with Crippen molar-refractivity contribution in [3.05, 3.63) is 18.0 Å². The minimum absolute atomic E-state index is 0.322. The minimum atomic E-state index is 0.322. The van der Waals surface area contributed by atoms with Crippen molar-refractivity contribution in [2.75, 3.05) is 18.5 Å². The molecule has 1 aliphatic carbocycles. The Hall–Kier alpha value is -1.23. The lowest BCUT2D eigenvalue weighted by atomic mass is 10.1. The number of nitrogens with zero attached hydrogens (tertiary/aromatic N) is 3. The van der Waals surface area contributed by atoms with E-state index in [1.807, 2.05) is 7.05 Å². The molecule has 0 atom stereocenters. The first-order chi connectivity index (χ1) is 8.16. The smallest absolute Gasteiger partial charge is 0.225 e. The van der Waals surface area contributed by atoms with Crippen molar-refractivity contribution in [1.29, 1.82) is 0 Å². The van der Waals surface area contributed by atoms with Gasteiger partial charge in [0, 0.05) is 19.8 Å². The van der Waals surface area contributed by atoms with Gasteiger partial charge in [-0.1, -0.05) is 25.1 Å². The fourth-order valence-electron chi connectivity index (χ4n) is 2.33. The number of nitrogens with two attached hydrogens (primary N) is 1. The first kappa shape index (κ1) is 12.2. The van der Waals surface area contributed by atoms with E-state index in [0.717, 1.165) is 12.5 Å². The Labute approximate surface area is 107 Å². The summed E-state index contributed by atoms with van der Waals surface area (Å²) in [6.45, 7) is 1.01. The second kappa shape index (κ2) is 5.40. The van der Waals surface area contributed by atoms with Crippen LogP contribution < -0.4 is 10.6 Å². The molecule has 0 amide bonds. The second-order valence-electron chi connectivity index (χ2n) is 4.64. The van der Waals surface area contributed by atoms with Crippen LogP contribution in [0, 0.1) is 5.92 Å². The van der Waals surface area contributed by atoms with Gasteiger partial charge in [-0.2, -0.15) is 0 Å². The maximum atomic E-state index is 5.57. The summed E-state index contributed by atoms with van der Waals surface area (Å²) >= 11 is 4.92. The standard InChI is InChI=1S/C12H18N4S/c1-16(8-9-4-2-3-5-9)12-14-7-6-10(15-12)11(13)17/h6-7,9H,2-5,8H2,1H3,(H2,13,17). The Balaban J connectivity index is 2.04. The summed E-state index contributed by atoms with van der Waals surface area (Å²) in [7, 11) is 2.02. The van der Waals surface area contributed by atoms with Crippen LogP contribution in [0.3, 0.4) is 0 Å². The zero-order valence-corrected chi connectivity index (χ0v) is 10.9. The van der Waals surface area contributed by atoms with Crippen molar-refractivity contribution in [2.45, 2.75) is 25.7 Å². The maximum Gasteiger partial charge on any atom is 0.225 e. The van der Waals surface area contributed by atoms with E-state index in [2.05, 4.69) is 14.9 Å². The molecule has 1 aromatic rings. The summed E-state index contributed by atoms with van der Waals surface area (Å²) in [6.07, 6.45) is 7.05. The topological polar surface area (TPSA) is 55.0 Å². The summed E-state index contributed by atoms with van der Waals surface area (Å²) in [5, 5.41) is 0. The minimum Gasteiger partial charge on any atom is -0.388 e. The van der Waals surface area contributed by atoms with Crippen LogP contribution in [0.2, 0.25) is 0 Å². The van der Waals surface area contributed by atoms with Crippen LogP contribution in [0.5, 0.6) is 0 Å². The lowest BCUT2D eigenvalue weighted by molar-refractivity contribution is 0.542. The summed E-state index contributed by atoms with van der Waals surface area (Å²) in [4.78, 5) is 11.0. The molecule has 0 saturated heterocycles. The highest BCUT2D eigenvalue weighted by molar-refractivity contribution is 7.80. The molecule has 5 heteroatoms. The van der Waals surface area contributed by atoms with Gasteiger partial charge in [-0.3, -0.25) is 0 Å². The predicted molar refractivity (Wildman–Crippen MR) is 73.1 cm³/mol. The third-order valence-corrected chi connectivity index (χ3v) is 3.45. The van der Waals surface area contributed by atoms with Gasteiger partial charge in [0.1, 0.15) is 10.7 Å². The van der Waals surface area contributed by atoms with Crippen molar-refractivity contribution in [3.8, 4) is 0 Å². The summed E-state index contributed by atoms with van der Waals surface area (Å²) in [5.74, 6) is 1.49. The van der Waals surface area contributed by atoms with Crippen molar-refractivity contribution < 1.29 is 0 Å². The molecular formula is C12H18N4S. The highest BCUT2D eigenvalue weighted by atomic mass is 32.1. The second-order valence-corrected chi connectivity index (χ2v) is 5.08. The van der Waals surface area contributed by atoms with Gasteiger partial charge in [0.05, 0.1) is 0 Å². The number of rotatable bonds is 4. The molecule has 0 bridgehead atoms. The van der Waals surface area contributed by atoms with E-state index >= 15 is 0 Å². The van der Waals surface area contributed by atoms with Gasteiger partial charge in [0.2, 0.25) is 5.95 Å². The predicted octanol–water partition coefficient (Wildman–Crippen LogP) is 1.74. The first-order valence-electron chi connectivity index (χ1n) is 6.01. The molecule has 1 aliphatic rings. The summed E-state index contributed by atoms with van der Waals surface area (Å²) in [5.41, 5.74) is 6.21. The van der Waals surface area contributed by atoms with Crippen LogP contribution in [-0.4, -0.2) is 28.5 Å². The SMILES string of the molecule is CN(CC1CCCC1)c1nccc(C(N)=S)n1. The Morgan fingerprint density at radius 1 is 1.53 bits per heavy atom. The molecule has 0 spiro atoms. The van der Waals surface area contributed by atoms with Crippen LogP contribution in [0.15, 0.2) is 12.3 Å². The fraction of sp³-hybridized carbons (Fsp3) is 0.583. The van der Waals surface area contributed by atoms with Crippen molar-refractivity contribution >= 4 is 23.2 Å². The number of hydrogen-bond acceptors (Lipinski definition) is 4. The van der Waals surface area contributed by atoms with E-state index in [-0.39, 0.29) is 0 Å². The quantitative estimate of drug-likeness (QED) is 0.825. The van der Waals surface area contributed by atoms with Crippen LogP contribution in [-0.2, 0) is 0 Å². The fourth-order valence-corrected chi connectivity index (χ4v) is 2.45. The monoisotopic (exact) mass is 250 g/mol. The van der Waals surface area contributed by atoms with Gasteiger partial charge in [-0.25, -0.2) is 9.97 Å². The average Bonchev–Trinajstić information content (AvgIpc) is 2.82. The molecule has 1 heterocycles. The van der Waals surface area contributed by atoms with Gasteiger partial charge in [-0.05, 0) is 24.8 Å². The zero-order valence-electron chi connectivity index (χ0n) is 10.1. The van der Waals surface area contributed by atoms with Gasteiger partial charge < -0.3 is 10.6 Å². The van der Waals surface area contributed by atoms with E-state index in [4.69, 9.17) is 18.0 Å². The van der Waals surface area contributed by atoms with Crippen LogP contribution in [0.25, 0.3) is 0 Å². The van der Waals surface area contributed by atoms with E-state index in [9.17, 15) is 0 Å². The lowest BCUT2D eigenvalue weighted by Crippen LogP contribution is -2.26. The highest BCUT2D eigenvalue weighted by Gasteiger charge is 2.18. The Kier molecular flexibility index (Phi) is 3.89. The Morgan fingerprint density at radius 2 is 2.24 bits per heavy atom. The van der Waals surface area contributed by atoms with Crippen LogP contribution in [0.4, 0.5) is 5.95 Å².